The number of nitrogens with zero attached hydrogens (tertiary/aromatic N) is 2. The molecule has 2 heterocycles. The molecule has 0 aliphatic carbocycles. The molecule has 1 aromatic carbocycles. The second-order valence-corrected chi connectivity index (χ2v) is 4.20. The third-order valence-electron chi connectivity index (χ3n) is 3.09. The summed E-state index contributed by atoms with van der Waals surface area (Å²) in [6.07, 6.45) is 2.56. The Bertz CT molecular complexity index is 500. The zero-order chi connectivity index (χ0) is 11.0. The fraction of sp³-hybridized carbons (Fsp3) is 0.417. The van der Waals surface area contributed by atoms with Gasteiger partial charge >= 0.3 is 0 Å². The summed E-state index contributed by atoms with van der Waals surface area (Å²) in [5.41, 5.74) is 7.98. The first kappa shape index (κ1) is 9.66. The predicted octanol–water partition coefficient (Wildman–Crippen LogP) is 1.80. The highest BCUT2D eigenvalue weighted by Gasteiger charge is 2.18. The molecule has 0 radical (unpaired) electrons. The third kappa shape index (κ3) is 1.55. The van der Waals surface area contributed by atoms with Gasteiger partial charge in [-0.3, -0.25) is 0 Å². The number of imidazole rings is 1. The SMILES string of the molecule is Nc1nc2ccccc2n1CC1CCCO1. The van der Waals surface area contributed by atoms with Gasteiger partial charge in [0.05, 0.1) is 23.7 Å². The lowest BCUT2D eigenvalue weighted by Gasteiger charge is -2.12. The molecular formula is C12H15N3O. The van der Waals surface area contributed by atoms with E-state index in [9.17, 15) is 0 Å². The van der Waals surface area contributed by atoms with E-state index in [2.05, 4.69) is 4.98 Å². The topological polar surface area (TPSA) is 53.1 Å². The van der Waals surface area contributed by atoms with Crippen LogP contribution in [-0.2, 0) is 11.3 Å². The molecule has 1 fully saturated rings. The maximum Gasteiger partial charge on any atom is 0.201 e. The molecule has 2 aromatic rings. The number of hydrogen-bond donors (Lipinski definition) is 1. The molecule has 1 aromatic heterocycles. The Morgan fingerprint density at radius 2 is 2.31 bits per heavy atom. The van der Waals surface area contributed by atoms with Gasteiger partial charge in [-0.2, -0.15) is 0 Å². The second-order valence-electron chi connectivity index (χ2n) is 4.20. The van der Waals surface area contributed by atoms with Gasteiger partial charge in [-0.05, 0) is 25.0 Å². The molecule has 3 rings (SSSR count). The Morgan fingerprint density at radius 1 is 1.44 bits per heavy atom. The van der Waals surface area contributed by atoms with Crippen molar-refractivity contribution in [3.8, 4) is 0 Å². The summed E-state index contributed by atoms with van der Waals surface area (Å²) in [5.74, 6) is 0.580. The number of para-hydroxylation sites is 2. The van der Waals surface area contributed by atoms with Crippen molar-refractivity contribution in [3.05, 3.63) is 24.3 Å². The van der Waals surface area contributed by atoms with Crippen LogP contribution in [0.25, 0.3) is 11.0 Å². The van der Waals surface area contributed by atoms with E-state index in [1.807, 2.05) is 28.8 Å². The lowest BCUT2D eigenvalue weighted by molar-refractivity contribution is 0.0984. The van der Waals surface area contributed by atoms with Gasteiger partial charge in [0.2, 0.25) is 5.95 Å². The van der Waals surface area contributed by atoms with E-state index in [-0.39, 0.29) is 0 Å². The van der Waals surface area contributed by atoms with Crippen LogP contribution in [0.4, 0.5) is 5.95 Å². The summed E-state index contributed by atoms with van der Waals surface area (Å²) in [4.78, 5) is 4.34. The van der Waals surface area contributed by atoms with E-state index < -0.39 is 0 Å². The van der Waals surface area contributed by atoms with Crippen molar-refractivity contribution in [1.82, 2.24) is 9.55 Å². The summed E-state index contributed by atoms with van der Waals surface area (Å²) < 4.78 is 7.67. The largest absolute Gasteiger partial charge is 0.376 e. The fourth-order valence-corrected chi connectivity index (χ4v) is 2.28. The number of rotatable bonds is 2. The van der Waals surface area contributed by atoms with Gasteiger partial charge in [-0.1, -0.05) is 12.1 Å². The highest BCUT2D eigenvalue weighted by Crippen LogP contribution is 2.21. The van der Waals surface area contributed by atoms with Crippen LogP contribution in [0, 0.1) is 0 Å². The number of hydrogen-bond acceptors (Lipinski definition) is 3. The molecule has 1 saturated heterocycles. The first-order chi connectivity index (χ1) is 7.84. The first-order valence-electron chi connectivity index (χ1n) is 5.67. The smallest absolute Gasteiger partial charge is 0.201 e. The van der Waals surface area contributed by atoms with Crippen molar-refractivity contribution in [3.63, 3.8) is 0 Å². The quantitative estimate of drug-likeness (QED) is 0.834. The van der Waals surface area contributed by atoms with E-state index in [1.54, 1.807) is 0 Å². The van der Waals surface area contributed by atoms with Crippen LogP contribution < -0.4 is 5.73 Å². The summed E-state index contributed by atoms with van der Waals surface area (Å²) in [6.45, 7) is 1.68. The van der Waals surface area contributed by atoms with Crippen LogP contribution in [0.5, 0.6) is 0 Å². The van der Waals surface area contributed by atoms with E-state index in [1.165, 1.54) is 0 Å². The number of anilines is 1. The van der Waals surface area contributed by atoms with Crippen LogP contribution in [0.1, 0.15) is 12.8 Å². The summed E-state index contributed by atoms with van der Waals surface area (Å²) in [7, 11) is 0. The minimum atomic E-state index is 0.292. The molecule has 1 aliphatic heterocycles. The van der Waals surface area contributed by atoms with Gasteiger partial charge in [-0.15, -0.1) is 0 Å². The summed E-state index contributed by atoms with van der Waals surface area (Å²) in [6, 6.07) is 8.02. The number of benzene rings is 1. The number of aromatic nitrogens is 2. The molecule has 2 N–H and O–H groups in total. The minimum Gasteiger partial charge on any atom is -0.376 e. The molecule has 0 spiro atoms. The monoisotopic (exact) mass is 217 g/mol. The summed E-state index contributed by atoms with van der Waals surface area (Å²) in [5, 5.41) is 0. The van der Waals surface area contributed by atoms with Crippen molar-refractivity contribution in [2.24, 2.45) is 0 Å². The average molecular weight is 217 g/mol. The molecule has 1 aliphatic rings. The van der Waals surface area contributed by atoms with Crippen LogP contribution in [0.15, 0.2) is 24.3 Å². The van der Waals surface area contributed by atoms with Crippen molar-refractivity contribution in [1.29, 1.82) is 0 Å². The highest BCUT2D eigenvalue weighted by atomic mass is 16.5. The molecule has 0 bridgehead atoms. The van der Waals surface area contributed by atoms with Gasteiger partial charge < -0.3 is 15.0 Å². The molecule has 1 atom stereocenters. The Balaban J connectivity index is 1.98. The van der Waals surface area contributed by atoms with Gasteiger partial charge in [0.25, 0.3) is 0 Å². The first-order valence-corrected chi connectivity index (χ1v) is 5.67. The van der Waals surface area contributed by atoms with Gasteiger partial charge in [0, 0.05) is 6.61 Å². The molecule has 1 unspecified atom stereocenters. The van der Waals surface area contributed by atoms with Gasteiger partial charge in [0.1, 0.15) is 0 Å². The summed E-state index contributed by atoms with van der Waals surface area (Å²) >= 11 is 0. The predicted molar refractivity (Wildman–Crippen MR) is 63.1 cm³/mol. The van der Waals surface area contributed by atoms with Crippen LogP contribution >= 0.6 is 0 Å². The number of nitrogen functional groups attached to an aromatic ring is 1. The van der Waals surface area contributed by atoms with E-state index >= 15 is 0 Å². The van der Waals surface area contributed by atoms with Crippen LogP contribution in [0.2, 0.25) is 0 Å². The van der Waals surface area contributed by atoms with E-state index in [0.29, 0.717) is 12.1 Å². The van der Waals surface area contributed by atoms with Crippen molar-refractivity contribution >= 4 is 17.0 Å². The standard InChI is InChI=1S/C12H15N3O/c13-12-14-10-5-1-2-6-11(10)15(12)8-9-4-3-7-16-9/h1-2,5-6,9H,3-4,7-8H2,(H2,13,14). The van der Waals surface area contributed by atoms with Crippen molar-refractivity contribution < 1.29 is 4.74 Å². The number of fused-ring (bicyclic) bond motifs is 1. The van der Waals surface area contributed by atoms with Gasteiger partial charge in [0.15, 0.2) is 0 Å². The van der Waals surface area contributed by atoms with Crippen molar-refractivity contribution in [2.75, 3.05) is 12.3 Å². The Labute approximate surface area is 94.0 Å². The lowest BCUT2D eigenvalue weighted by atomic mass is 10.2. The van der Waals surface area contributed by atoms with Gasteiger partial charge in [-0.25, -0.2) is 4.98 Å². The maximum absolute atomic E-state index is 5.93. The highest BCUT2D eigenvalue weighted by molar-refractivity contribution is 5.78. The number of ether oxygens (including phenoxy) is 1. The minimum absolute atomic E-state index is 0.292. The van der Waals surface area contributed by atoms with Crippen molar-refractivity contribution in [2.45, 2.75) is 25.5 Å². The number of nitrogens with two attached hydrogens (primary N) is 1. The normalized spacial score (nSPS) is 20.6. The Morgan fingerprint density at radius 3 is 3.12 bits per heavy atom. The Kier molecular flexibility index (Phi) is 2.29. The Hall–Kier alpha value is -1.55. The zero-order valence-electron chi connectivity index (χ0n) is 9.10. The average Bonchev–Trinajstić information content (AvgIpc) is 2.89. The van der Waals surface area contributed by atoms with E-state index in [4.69, 9.17) is 10.5 Å². The molecule has 0 amide bonds. The molecular weight excluding hydrogens is 202 g/mol. The third-order valence-corrected chi connectivity index (χ3v) is 3.09. The van der Waals surface area contributed by atoms with E-state index in [0.717, 1.165) is 37.0 Å². The second kappa shape index (κ2) is 3.79. The lowest BCUT2D eigenvalue weighted by Crippen LogP contribution is -2.16. The molecule has 0 saturated carbocycles. The molecule has 4 nitrogen and oxygen atoms in total. The maximum atomic E-state index is 5.93. The molecule has 16 heavy (non-hydrogen) atoms. The molecule has 84 valence electrons. The van der Waals surface area contributed by atoms with Crippen LogP contribution in [0.3, 0.4) is 0 Å². The van der Waals surface area contributed by atoms with Crippen LogP contribution in [-0.4, -0.2) is 22.3 Å². The zero-order valence-corrected chi connectivity index (χ0v) is 9.10. The fourth-order valence-electron chi connectivity index (χ4n) is 2.28. The molecule has 4 heteroatoms.